The Balaban J connectivity index is 1.67. The molecule has 36 heavy (non-hydrogen) atoms. The molecule has 2 N–H and O–H groups in total. The van der Waals surface area contributed by atoms with E-state index in [4.69, 9.17) is 4.74 Å². The largest absolute Gasteiger partial charge is 0.439 e. The molecule has 2 heterocycles. The molecule has 0 fully saturated rings. The molecule has 3 aromatic carbocycles. The lowest BCUT2D eigenvalue weighted by Crippen LogP contribution is -2.17. The molecule has 8 nitrogen and oxygen atoms in total. The summed E-state index contributed by atoms with van der Waals surface area (Å²) >= 11 is 0. The van der Waals surface area contributed by atoms with Crippen molar-refractivity contribution in [1.29, 1.82) is 0 Å². The lowest BCUT2D eigenvalue weighted by molar-refractivity contribution is -0.116. The van der Waals surface area contributed by atoms with Gasteiger partial charge in [-0.1, -0.05) is 36.4 Å². The van der Waals surface area contributed by atoms with E-state index >= 15 is 0 Å². The number of hydrogen-bond donors (Lipinski definition) is 2. The molecule has 1 aliphatic heterocycles. The normalized spacial score (nSPS) is 14.8. The number of sulfonamides is 1. The number of aryl methyl sites for hydroxylation is 3. The highest BCUT2D eigenvalue weighted by atomic mass is 32.2. The smallest absolute Gasteiger partial charge is 0.264 e. The van der Waals surface area contributed by atoms with E-state index in [0.29, 0.717) is 23.6 Å². The van der Waals surface area contributed by atoms with Gasteiger partial charge in [-0.05, 0) is 67.3 Å². The maximum atomic E-state index is 13.2. The van der Waals surface area contributed by atoms with Crippen LogP contribution in [0.5, 0.6) is 11.6 Å². The number of anilines is 2. The molecule has 9 heteroatoms. The van der Waals surface area contributed by atoms with Gasteiger partial charge in [-0.25, -0.2) is 18.1 Å². The van der Waals surface area contributed by atoms with Crippen molar-refractivity contribution >= 4 is 27.6 Å². The van der Waals surface area contributed by atoms with Crippen LogP contribution in [0.3, 0.4) is 0 Å². The van der Waals surface area contributed by atoms with Crippen molar-refractivity contribution in [2.45, 2.75) is 31.6 Å². The van der Waals surface area contributed by atoms with Crippen LogP contribution >= 0.6 is 0 Å². The highest BCUT2D eigenvalue weighted by Crippen LogP contribution is 2.31. The van der Waals surface area contributed by atoms with Crippen LogP contribution in [0.15, 0.2) is 77.7 Å². The van der Waals surface area contributed by atoms with Crippen molar-refractivity contribution in [3.63, 3.8) is 0 Å². The van der Waals surface area contributed by atoms with Gasteiger partial charge in [0.15, 0.2) is 0 Å². The van der Waals surface area contributed by atoms with E-state index in [1.165, 1.54) is 12.1 Å². The maximum Gasteiger partial charge on any atom is 0.264 e. The first-order valence-corrected chi connectivity index (χ1v) is 12.9. The summed E-state index contributed by atoms with van der Waals surface area (Å²) in [5.74, 6) is 0.367. The fraction of sp³-hybridized carbons (Fsp3) is 0.148. The molecule has 0 spiro atoms. The lowest BCUT2D eigenvalue weighted by atomic mass is 10.00. The van der Waals surface area contributed by atoms with Gasteiger partial charge < -0.3 is 10.1 Å². The Labute approximate surface area is 209 Å². The molecular formula is C27H24N4O4S. The summed E-state index contributed by atoms with van der Waals surface area (Å²) in [5, 5.41) is 2.76. The Morgan fingerprint density at radius 1 is 0.861 bits per heavy atom. The first kappa shape index (κ1) is 23.5. The standard InChI is InChI=1S/C27H24N4O4S/c1-17-6-3-7-18(2)26(17)23-16-25-30-27(29-23)31-36(33,34)22-11-5-9-20(15-22)28-24(32)13-12-19-8-4-10-21(14-19)35-25/h3-11,14-16H,12-13H2,1-2H3,(H,28,32)(H,29,30,31). The van der Waals surface area contributed by atoms with E-state index < -0.39 is 10.0 Å². The summed E-state index contributed by atoms with van der Waals surface area (Å²) in [4.78, 5) is 21.3. The topological polar surface area (TPSA) is 110 Å². The van der Waals surface area contributed by atoms with Crippen LogP contribution in [0, 0.1) is 13.8 Å². The number of fused-ring (bicyclic) bond motifs is 6. The molecule has 0 aliphatic carbocycles. The number of ether oxygens (including phenoxy) is 1. The molecule has 6 bridgehead atoms. The van der Waals surface area contributed by atoms with Gasteiger partial charge in [-0.2, -0.15) is 4.98 Å². The fourth-order valence-electron chi connectivity index (χ4n) is 4.16. The van der Waals surface area contributed by atoms with Crippen molar-refractivity contribution in [3.8, 4) is 22.9 Å². The van der Waals surface area contributed by atoms with Gasteiger partial charge in [0, 0.05) is 23.7 Å². The molecule has 0 atom stereocenters. The Morgan fingerprint density at radius 2 is 1.61 bits per heavy atom. The Morgan fingerprint density at radius 3 is 2.42 bits per heavy atom. The molecule has 0 radical (unpaired) electrons. The zero-order chi connectivity index (χ0) is 25.3. The third-order valence-corrected chi connectivity index (χ3v) is 7.18. The fourth-order valence-corrected chi connectivity index (χ4v) is 5.15. The van der Waals surface area contributed by atoms with Gasteiger partial charge >= 0.3 is 0 Å². The van der Waals surface area contributed by atoms with E-state index in [2.05, 4.69) is 20.0 Å². The summed E-state index contributed by atoms with van der Waals surface area (Å²) in [6.45, 7) is 3.94. The Bertz CT molecular complexity index is 1560. The minimum atomic E-state index is -4.06. The lowest BCUT2D eigenvalue weighted by Gasteiger charge is -2.15. The third kappa shape index (κ3) is 5.06. The number of carbonyl (C=O) groups excluding carboxylic acids is 1. The Hall–Kier alpha value is -4.24. The molecule has 0 saturated carbocycles. The minimum Gasteiger partial charge on any atom is -0.439 e. The molecule has 182 valence electrons. The van der Waals surface area contributed by atoms with E-state index in [0.717, 1.165) is 22.3 Å². The van der Waals surface area contributed by atoms with Crippen LogP contribution in [0.2, 0.25) is 0 Å². The molecule has 0 unspecified atom stereocenters. The van der Waals surface area contributed by atoms with Crippen molar-refractivity contribution in [1.82, 2.24) is 9.97 Å². The van der Waals surface area contributed by atoms with E-state index in [9.17, 15) is 13.2 Å². The maximum absolute atomic E-state index is 13.2. The van der Waals surface area contributed by atoms with Crippen LogP contribution in [0.25, 0.3) is 11.3 Å². The highest BCUT2D eigenvalue weighted by molar-refractivity contribution is 7.92. The summed E-state index contributed by atoms with van der Waals surface area (Å²) < 4.78 is 35.0. The molecule has 1 aromatic heterocycles. The van der Waals surface area contributed by atoms with E-state index in [1.54, 1.807) is 24.3 Å². The van der Waals surface area contributed by atoms with Gasteiger partial charge in [-0.15, -0.1) is 0 Å². The SMILES string of the molecule is Cc1cccc(C)c1-c1cc2nc(n1)NS(=O)(=O)c1cccc(c1)NC(=O)CCc1cccc(c1)O2. The van der Waals surface area contributed by atoms with Crippen molar-refractivity contribution in [2.75, 3.05) is 10.0 Å². The van der Waals surface area contributed by atoms with Crippen LogP contribution in [-0.4, -0.2) is 24.3 Å². The number of nitrogens with one attached hydrogen (secondary N) is 2. The quantitative estimate of drug-likeness (QED) is 0.370. The first-order valence-electron chi connectivity index (χ1n) is 11.4. The van der Waals surface area contributed by atoms with Gasteiger partial charge in [0.1, 0.15) is 5.75 Å². The van der Waals surface area contributed by atoms with E-state index in [1.807, 2.05) is 50.2 Å². The number of aromatic nitrogens is 2. The third-order valence-electron chi connectivity index (χ3n) is 5.86. The second-order valence-electron chi connectivity index (χ2n) is 8.61. The average molecular weight is 501 g/mol. The van der Waals surface area contributed by atoms with Crippen LogP contribution in [0.1, 0.15) is 23.1 Å². The predicted molar refractivity (Wildman–Crippen MR) is 138 cm³/mol. The summed E-state index contributed by atoms with van der Waals surface area (Å²) in [5.41, 5.74) is 4.69. The van der Waals surface area contributed by atoms with Crippen LogP contribution < -0.4 is 14.8 Å². The molecular weight excluding hydrogens is 476 g/mol. The summed E-state index contributed by atoms with van der Waals surface area (Å²) in [6, 6.07) is 21.0. The Kier molecular flexibility index (Phi) is 6.15. The van der Waals surface area contributed by atoms with Crippen LogP contribution in [-0.2, 0) is 21.2 Å². The number of hydrogen-bond acceptors (Lipinski definition) is 6. The summed E-state index contributed by atoms with van der Waals surface area (Å²) in [7, 11) is -4.06. The second kappa shape index (κ2) is 9.43. The summed E-state index contributed by atoms with van der Waals surface area (Å²) in [6.07, 6.45) is 0.721. The van der Waals surface area contributed by atoms with Crippen molar-refractivity contribution < 1.29 is 17.9 Å². The number of rotatable bonds is 1. The minimum absolute atomic E-state index is 0.0267. The molecule has 1 aliphatic rings. The van der Waals surface area contributed by atoms with Crippen molar-refractivity contribution in [3.05, 3.63) is 89.5 Å². The second-order valence-corrected chi connectivity index (χ2v) is 10.3. The number of amides is 1. The molecule has 4 aromatic rings. The van der Waals surface area contributed by atoms with Gasteiger partial charge in [0.2, 0.25) is 17.7 Å². The zero-order valence-corrected chi connectivity index (χ0v) is 20.6. The average Bonchev–Trinajstić information content (AvgIpc) is 2.82. The van der Waals surface area contributed by atoms with Gasteiger partial charge in [0.05, 0.1) is 10.6 Å². The highest BCUT2D eigenvalue weighted by Gasteiger charge is 2.20. The number of carbonyl (C=O) groups is 1. The van der Waals surface area contributed by atoms with Crippen molar-refractivity contribution in [2.24, 2.45) is 0 Å². The number of nitrogens with zero attached hydrogens (tertiary/aromatic N) is 2. The van der Waals surface area contributed by atoms with Gasteiger partial charge in [-0.3, -0.25) is 4.79 Å². The van der Waals surface area contributed by atoms with Crippen LogP contribution in [0.4, 0.5) is 11.6 Å². The number of benzene rings is 3. The zero-order valence-electron chi connectivity index (χ0n) is 19.8. The molecule has 0 saturated heterocycles. The molecule has 5 rings (SSSR count). The predicted octanol–water partition coefficient (Wildman–Crippen LogP) is 5.24. The monoisotopic (exact) mass is 500 g/mol. The molecule has 1 amide bonds. The van der Waals surface area contributed by atoms with E-state index in [-0.39, 0.29) is 29.1 Å². The van der Waals surface area contributed by atoms with Gasteiger partial charge in [0.25, 0.3) is 10.0 Å². The first-order chi connectivity index (χ1) is 17.3.